The van der Waals surface area contributed by atoms with Crippen molar-refractivity contribution in [3.8, 4) is 0 Å². The van der Waals surface area contributed by atoms with Crippen molar-refractivity contribution >= 4 is 11.6 Å². The van der Waals surface area contributed by atoms with Gasteiger partial charge < -0.3 is 10.2 Å². The number of rotatable bonds is 2. The normalized spacial score (nSPS) is 18.2. The zero-order valence-corrected chi connectivity index (χ0v) is 12.4. The highest BCUT2D eigenvalue weighted by molar-refractivity contribution is 6.06. The Bertz CT molecular complexity index is 649. The van der Waals surface area contributed by atoms with Crippen LogP contribution < -0.4 is 10.2 Å². The fraction of sp³-hybridized carbons (Fsp3) is 0.375. The third-order valence-corrected chi connectivity index (χ3v) is 4.02. The summed E-state index contributed by atoms with van der Waals surface area (Å²) in [6.45, 7) is 0.739. The molecule has 3 rings (SSSR count). The summed E-state index contributed by atoms with van der Waals surface area (Å²) >= 11 is 0. The van der Waals surface area contributed by atoms with Gasteiger partial charge in [-0.15, -0.1) is 0 Å². The third-order valence-electron chi connectivity index (χ3n) is 4.02. The standard InChI is InChI=1S/C16H20N4O/c1-17-14-7-5-9-20(15-8-4-3-6-13(14)15)16(21)12-10-18-19(2)11-12/h3-4,6,8,10-11,14,17H,5,7,9H2,1-2H3. The molecule has 0 saturated heterocycles. The van der Waals surface area contributed by atoms with E-state index < -0.39 is 0 Å². The average Bonchev–Trinajstić information content (AvgIpc) is 2.84. The van der Waals surface area contributed by atoms with Gasteiger partial charge in [-0.1, -0.05) is 18.2 Å². The summed E-state index contributed by atoms with van der Waals surface area (Å²) in [6.07, 6.45) is 5.41. The van der Waals surface area contributed by atoms with E-state index in [2.05, 4.69) is 16.5 Å². The van der Waals surface area contributed by atoms with Gasteiger partial charge in [0.2, 0.25) is 0 Å². The summed E-state index contributed by atoms with van der Waals surface area (Å²) in [5.41, 5.74) is 2.83. The number of hydrogen-bond donors (Lipinski definition) is 1. The lowest BCUT2D eigenvalue weighted by Gasteiger charge is -2.23. The zero-order chi connectivity index (χ0) is 14.8. The number of nitrogens with one attached hydrogen (secondary N) is 1. The first-order valence-corrected chi connectivity index (χ1v) is 7.27. The predicted octanol–water partition coefficient (Wildman–Crippen LogP) is 2.12. The van der Waals surface area contributed by atoms with E-state index in [9.17, 15) is 4.79 Å². The molecule has 1 aromatic heterocycles. The van der Waals surface area contributed by atoms with Crippen LogP contribution in [0.2, 0.25) is 0 Å². The van der Waals surface area contributed by atoms with Crippen LogP contribution in [0.3, 0.4) is 0 Å². The highest BCUT2D eigenvalue weighted by Crippen LogP contribution is 2.33. The molecule has 0 spiro atoms. The zero-order valence-electron chi connectivity index (χ0n) is 12.4. The number of carbonyl (C=O) groups excluding carboxylic acids is 1. The van der Waals surface area contributed by atoms with E-state index in [1.165, 1.54) is 5.56 Å². The minimum absolute atomic E-state index is 0.0207. The molecule has 0 saturated carbocycles. The van der Waals surface area contributed by atoms with Gasteiger partial charge in [-0.2, -0.15) is 5.10 Å². The van der Waals surface area contributed by atoms with E-state index in [-0.39, 0.29) is 5.91 Å². The Morgan fingerprint density at radius 3 is 2.90 bits per heavy atom. The molecule has 1 unspecified atom stereocenters. The molecular formula is C16H20N4O. The van der Waals surface area contributed by atoms with Crippen LogP contribution in [-0.4, -0.2) is 29.3 Å². The summed E-state index contributed by atoms with van der Waals surface area (Å²) in [5.74, 6) is 0.0207. The Balaban J connectivity index is 2.00. The molecule has 1 amide bonds. The number of benzene rings is 1. The van der Waals surface area contributed by atoms with Crippen molar-refractivity contribution in [3.63, 3.8) is 0 Å². The summed E-state index contributed by atoms with van der Waals surface area (Å²) in [5, 5.41) is 7.45. The van der Waals surface area contributed by atoms with E-state index in [0.717, 1.165) is 25.1 Å². The summed E-state index contributed by atoms with van der Waals surface area (Å²) in [7, 11) is 3.80. The molecule has 1 aliphatic heterocycles. The van der Waals surface area contributed by atoms with Crippen LogP contribution in [0.5, 0.6) is 0 Å². The fourth-order valence-corrected chi connectivity index (χ4v) is 2.96. The van der Waals surface area contributed by atoms with Gasteiger partial charge in [0.1, 0.15) is 0 Å². The molecule has 5 heteroatoms. The number of nitrogens with zero attached hydrogens (tertiary/aromatic N) is 3. The van der Waals surface area contributed by atoms with E-state index in [1.807, 2.05) is 37.2 Å². The average molecular weight is 284 g/mol. The van der Waals surface area contributed by atoms with E-state index >= 15 is 0 Å². The molecule has 5 nitrogen and oxygen atoms in total. The molecule has 1 aliphatic rings. The van der Waals surface area contributed by atoms with Crippen LogP contribution in [0.1, 0.15) is 34.8 Å². The third kappa shape index (κ3) is 2.56. The van der Waals surface area contributed by atoms with Crippen LogP contribution in [0.25, 0.3) is 0 Å². The van der Waals surface area contributed by atoms with Gasteiger partial charge >= 0.3 is 0 Å². The molecule has 0 fully saturated rings. The monoisotopic (exact) mass is 284 g/mol. The second-order valence-electron chi connectivity index (χ2n) is 5.40. The van der Waals surface area contributed by atoms with Crippen molar-refractivity contribution in [3.05, 3.63) is 47.8 Å². The van der Waals surface area contributed by atoms with Gasteiger partial charge in [-0.25, -0.2) is 0 Å². The van der Waals surface area contributed by atoms with Gasteiger partial charge in [0.25, 0.3) is 5.91 Å². The molecular weight excluding hydrogens is 264 g/mol. The molecule has 2 heterocycles. The smallest absolute Gasteiger partial charge is 0.261 e. The Morgan fingerprint density at radius 1 is 1.38 bits per heavy atom. The Labute approximate surface area is 124 Å². The maximum Gasteiger partial charge on any atom is 0.261 e. The van der Waals surface area contributed by atoms with Gasteiger partial charge in [0.05, 0.1) is 11.8 Å². The van der Waals surface area contributed by atoms with Crippen LogP contribution in [-0.2, 0) is 7.05 Å². The number of anilines is 1. The minimum atomic E-state index is 0.0207. The number of para-hydroxylation sites is 1. The van der Waals surface area contributed by atoms with Crippen LogP contribution in [0, 0.1) is 0 Å². The molecule has 1 N–H and O–H groups in total. The fourth-order valence-electron chi connectivity index (χ4n) is 2.96. The Morgan fingerprint density at radius 2 is 2.19 bits per heavy atom. The topological polar surface area (TPSA) is 50.2 Å². The first-order chi connectivity index (χ1) is 10.2. The van der Waals surface area contributed by atoms with Crippen molar-refractivity contribution in [2.75, 3.05) is 18.5 Å². The largest absolute Gasteiger partial charge is 0.313 e. The highest BCUT2D eigenvalue weighted by Gasteiger charge is 2.26. The lowest BCUT2D eigenvalue weighted by Crippen LogP contribution is -2.31. The number of carbonyl (C=O) groups is 1. The number of aromatic nitrogens is 2. The number of hydrogen-bond acceptors (Lipinski definition) is 3. The van der Waals surface area contributed by atoms with Gasteiger partial charge in [-0.3, -0.25) is 9.48 Å². The summed E-state index contributed by atoms with van der Waals surface area (Å²) in [4.78, 5) is 14.7. The lowest BCUT2D eigenvalue weighted by atomic mass is 10.0. The quantitative estimate of drug-likeness (QED) is 0.919. The second kappa shape index (κ2) is 5.69. The van der Waals surface area contributed by atoms with Crippen molar-refractivity contribution in [2.24, 2.45) is 7.05 Å². The second-order valence-corrected chi connectivity index (χ2v) is 5.40. The molecule has 0 aliphatic carbocycles. The van der Waals surface area contributed by atoms with Crippen molar-refractivity contribution in [2.45, 2.75) is 18.9 Å². The van der Waals surface area contributed by atoms with Crippen LogP contribution in [0.4, 0.5) is 5.69 Å². The number of amides is 1. The first-order valence-electron chi connectivity index (χ1n) is 7.27. The van der Waals surface area contributed by atoms with Crippen LogP contribution >= 0.6 is 0 Å². The first kappa shape index (κ1) is 13.8. The van der Waals surface area contributed by atoms with Gasteiger partial charge in [0.15, 0.2) is 0 Å². The van der Waals surface area contributed by atoms with Crippen molar-refractivity contribution in [1.29, 1.82) is 0 Å². The van der Waals surface area contributed by atoms with E-state index in [0.29, 0.717) is 11.6 Å². The maximum atomic E-state index is 12.8. The molecule has 1 aromatic carbocycles. The Hall–Kier alpha value is -2.14. The summed E-state index contributed by atoms with van der Waals surface area (Å²) < 4.78 is 1.66. The molecule has 110 valence electrons. The van der Waals surface area contributed by atoms with E-state index in [4.69, 9.17) is 0 Å². The van der Waals surface area contributed by atoms with Crippen molar-refractivity contribution < 1.29 is 4.79 Å². The summed E-state index contributed by atoms with van der Waals surface area (Å²) in [6, 6.07) is 8.44. The van der Waals surface area contributed by atoms with Gasteiger partial charge in [0, 0.05) is 31.5 Å². The minimum Gasteiger partial charge on any atom is -0.313 e. The Kier molecular flexibility index (Phi) is 3.75. The van der Waals surface area contributed by atoms with E-state index in [1.54, 1.807) is 17.1 Å². The number of aryl methyl sites for hydroxylation is 1. The lowest BCUT2D eigenvalue weighted by molar-refractivity contribution is 0.0987. The number of fused-ring (bicyclic) bond motifs is 1. The molecule has 0 radical (unpaired) electrons. The van der Waals surface area contributed by atoms with Crippen molar-refractivity contribution in [1.82, 2.24) is 15.1 Å². The van der Waals surface area contributed by atoms with Crippen LogP contribution in [0.15, 0.2) is 36.7 Å². The highest BCUT2D eigenvalue weighted by atomic mass is 16.2. The molecule has 1 atom stereocenters. The molecule has 21 heavy (non-hydrogen) atoms. The molecule has 2 aromatic rings. The van der Waals surface area contributed by atoms with Gasteiger partial charge in [-0.05, 0) is 31.5 Å². The SMILES string of the molecule is CNC1CCCN(C(=O)c2cnn(C)c2)c2ccccc21. The molecule has 0 bridgehead atoms. The maximum absolute atomic E-state index is 12.8. The predicted molar refractivity (Wildman–Crippen MR) is 82.4 cm³/mol.